The monoisotopic (exact) mass is 273 g/mol. The number of rotatable bonds is 4. The zero-order valence-corrected chi connectivity index (χ0v) is 11.5. The number of nitrogens with one attached hydrogen (secondary N) is 3. The molecule has 0 spiro atoms. The van der Waals surface area contributed by atoms with Crippen LogP contribution in [0.15, 0.2) is 24.3 Å². The zero-order valence-electron chi connectivity index (χ0n) is 11.5. The Morgan fingerprint density at radius 3 is 2.90 bits per heavy atom. The minimum Gasteiger partial charge on any atom is -0.396 e. The number of aliphatic hydroxyl groups excluding tert-OH is 1. The van der Waals surface area contributed by atoms with E-state index in [4.69, 9.17) is 0 Å². The van der Waals surface area contributed by atoms with Crippen molar-refractivity contribution in [3.63, 3.8) is 0 Å². The van der Waals surface area contributed by atoms with Gasteiger partial charge in [0.1, 0.15) is 0 Å². The number of aliphatic hydroxyl groups is 1. The van der Waals surface area contributed by atoms with Crippen LogP contribution in [-0.4, -0.2) is 29.3 Å². The van der Waals surface area contributed by atoms with Gasteiger partial charge in [-0.05, 0) is 44.0 Å². The summed E-state index contributed by atoms with van der Waals surface area (Å²) in [5.74, 6) is 0. The molecule has 20 heavy (non-hydrogen) atoms. The molecule has 5 heteroatoms. The molecule has 0 bridgehead atoms. The van der Waals surface area contributed by atoms with Crippen LogP contribution in [0.5, 0.6) is 0 Å². The summed E-state index contributed by atoms with van der Waals surface area (Å²) >= 11 is 0. The van der Waals surface area contributed by atoms with E-state index in [1.807, 2.05) is 31.2 Å². The van der Waals surface area contributed by atoms with Gasteiger partial charge in [0.05, 0.1) is 6.61 Å². The van der Waals surface area contributed by atoms with Crippen LogP contribution in [0.1, 0.15) is 18.5 Å². The van der Waals surface area contributed by atoms with Crippen LogP contribution in [-0.2, 0) is 0 Å². The first-order valence-electron chi connectivity index (χ1n) is 6.85. The summed E-state index contributed by atoms with van der Waals surface area (Å²) in [5.41, 5.74) is 2.85. The van der Waals surface area contributed by atoms with E-state index >= 15 is 0 Å². The van der Waals surface area contributed by atoms with Gasteiger partial charge in [-0.1, -0.05) is 0 Å². The van der Waals surface area contributed by atoms with Crippen LogP contribution < -0.4 is 10.6 Å². The number of hydrogen-bond acceptors (Lipinski definition) is 2. The minimum atomic E-state index is -0.226. The molecule has 4 N–H and O–H groups in total. The van der Waals surface area contributed by atoms with Gasteiger partial charge >= 0.3 is 6.03 Å². The van der Waals surface area contributed by atoms with E-state index in [9.17, 15) is 9.90 Å². The zero-order chi connectivity index (χ0) is 14.2. The Balaban J connectivity index is 1.62. The van der Waals surface area contributed by atoms with E-state index in [1.54, 1.807) is 0 Å². The number of urea groups is 1. The van der Waals surface area contributed by atoms with Gasteiger partial charge in [-0.2, -0.15) is 0 Å². The molecule has 0 aliphatic heterocycles. The highest BCUT2D eigenvalue weighted by Crippen LogP contribution is 2.44. The van der Waals surface area contributed by atoms with Crippen LogP contribution in [0.25, 0.3) is 10.9 Å². The van der Waals surface area contributed by atoms with Gasteiger partial charge in [-0.15, -0.1) is 0 Å². The molecule has 1 aliphatic rings. The number of hydrogen-bond donors (Lipinski definition) is 4. The lowest BCUT2D eigenvalue weighted by Crippen LogP contribution is -2.35. The van der Waals surface area contributed by atoms with Crippen molar-refractivity contribution in [1.82, 2.24) is 10.3 Å². The van der Waals surface area contributed by atoms with Crippen molar-refractivity contribution < 1.29 is 9.90 Å². The second kappa shape index (κ2) is 4.83. The molecule has 1 fully saturated rings. The Morgan fingerprint density at radius 1 is 1.40 bits per heavy atom. The highest BCUT2D eigenvalue weighted by atomic mass is 16.3. The van der Waals surface area contributed by atoms with Gasteiger partial charge in [-0.3, -0.25) is 0 Å². The molecule has 1 saturated carbocycles. The van der Waals surface area contributed by atoms with Gasteiger partial charge in [-0.25, -0.2) is 4.79 Å². The molecule has 5 nitrogen and oxygen atoms in total. The van der Waals surface area contributed by atoms with Gasteiger partial charge in [0, 0.05) is 34.2 Å². The number of H-pyrrole nitrogens is 1. The molecule has 0 saturated heterocycles. The molecule has 106 valence electrons. The lowest BCUT2D eigenvalue weighted by atomic mass is 10.1. The Bertz CT molecular complexity index is 644. The van der Waals surface area contributed by atoms with Gasteiger partial charge < -0.3 is 20.7 Å². The summed E-state index contributed by atoms with van der Waals surface area (Å²) in [6.07, 6.45) is 1.97. The van der Waals surface area contributed by atoms with Crippen molar-refractivity contribution in [2.45, 2.75) is 19.8 Å². The summed E-state index contributed by atoms with van der Waals surface area (Å²) in [6, 6.07) is 7.59. The van der Waals surface area contributed by atoms with Crippen LogP contribution in [0.3, 0.4) is 0 Å². The topological polar surface area (TPSA) is 77.2 Å². The number of fused-ring (bicyclic) bond motifs is 1. The maximum atomic E-state index is 11.8. The molecule has 0 radical (unpaired) electrons. The number of benzene rings is 1. The van der Waals surface area contributed by atoms with E-state index in [0.717, 1.165) is 35.1 Å². The summed E-state index contributed by atoms with van der Waals surface area (Å²) in [7, 11) is 0. The molecular formula is C15H19N3O2. The van der Waals surface area contributed by atoms with E-state index in [0.29, 0.717) is 6.54 Å². The lowest BCUT2D eigenvalue weighted by molar-refractivity contribution is 0.206. The van der Waals surface area contributed by atoms with Crippen molar-refractivity contribution in [1.29, 1.82) is 0 Å². The van der Waals surface area contributed by atoms with Crippen molar-refractivity contribution >= 4 is 22.6 Å². The van der Waals surface area contributed by atoms with Crippen LogP contribution >= 0.6 is 0 Å². The van der Waals surface area contributed by atoms with Gasteiger partial charge in [0.2, 0.25) is 0 Å². The predicted molar refractivity (Wildman–Crippen MR) is 78.8 cm³/mol. The molecule has 0 unspecified atom stereocenters. The number of amides is 2. The SMILES string of the molecule is Cc1cc2cc(NC(=O)NCC3(CO)CC3)ccc2[nH]1. The Hall–Kier alpha value is -2.01. The van der Waals surface area contributed by atoms with E-state index in [-0.39, 0.29) is 18.1 Å². The lowest BCUT2D eigenvalue weighted by Gasteiger charge is -2.13. The maximum Gasteiger partial charge on any atom is 0.319 e. The summed E-state index contributed by atoms with van der Waals surface area (Å²) in [4.78, 5) is 15.1. The fourth-order valence-corrected chi connectivity index (χ4v) is 2.37. The van der Waals surface area contributed by atoms with Gasteiger partial charge in [0.25, 0.3) is 0 Å². The third-order valence-corrected chi connectivity index (χ3v) is 3.93. The predicted octanol–water partition coefficient (Wildman–Crippen LogP) is 2.37. The number of aromatic amines is 1. The number of carbonyl (C=O) groups excluding carboxylic acids is 1. The van der Waals surface area contributed by atoms with Crippen molar-refractivity contribution in [2.24, 2.45) is 5.41 Å². The number of carbonyl (C=O) groups is 1. The summed E-state index contributed by atoms with van der Waals surface area (Å²) < 4.78 is 0. The highest BCUT2D eigenvalue weighted by Gasteiger charge is 2.42. The van der Waals surface area contributed by atoms with Gasteiger partial charge in [0.15, 0.2) is 0 Å². The van der Waals surface area contributed by atoms with Crippen LogP contribution in [0.4, 0.5) is 10.5 Å². The molecule has 0 atom stereocenters. The molecule has 1 aliphatic carbocycles. The molecule has 2 aromatic rings. The van der Waals surface area contributed by atoms with E-state index < -0.39 is 0 Å². The first-order chi connectivity index (χ1) is 9.60. The fraction of sp³-hybridized carbons (Fsp3) is 0.400. The highest BCUT2D eigenvalue weighted by molar-refractivity contribution is 5.93. The second-order valence-corrected chi connectivity index (χ2v) is 5.72. The number of anilines is 1. The number of aromatic nitrogens is 1. The summed E-state index contributed by atoms with van der Waals surface area (Å²) in [5, 5.41) is 15.9. The van der Waals surface area contributed by atoms with Crippen molar-refractivity contribution in [3.8, 4) is 0 Å². The Kier molecular flexibility index (Phi) is 3.14. The fourth-order valence-electron chi connectivity index (χ4n) is 2.37. The standard InChI is InChI=1S/C15H19N3O2/c1-10-6-11-7-12(2-3-13(11)17-10)18-14(20)16-8-15(9-19)4-5-15/h2-3,6-7,17,19H,4-5,8-9H2,1H3,(H2,16,18,20). The van der Waals surface area contributed by atoms with Crippen LogP contribution in [0.2, 0.25) is 0 Å². The molecular weight excluding hydrogens is 254 g/mol. The smallest absolute Gasteiger partial charge is 0.319 e. The molecule has 3 rings (SSSR count). The van der Waals surface area contributed by atoms with Crippen LogP contribution in [0, 0.1) is 12.3 Å². The van der Waals surface area contributed by atoms with E-state index in [2.05, 4.69) is 15.6 Å². The molecule has 1 aromatic heterocycles. The van der Waals surface area contributed by atoms with E-state index in [1.165, 1.54) is 0 Å². The quantitative estimate of drug-likeness (QED) is 0.690. The maximum absolute atomic E-state index is 11.8. The summed E-state index contributed by atoms with van der Waals surface area (Å²) in [6.45, 7) is 2.67. The molecule has 1 heterocycles. The number of aryl methyl sites for hydroxylation is 1. The normalized spacial score (nSPS) is 16.1. The largest absolute Gasteiger partial charge is 0.396 e. The molecule has 2 amide bonds. The second-order valence-electron chi connectivity index (χ2n) is 5.72. The van der Waals surface area contributed by atoms with Crippen molar-refractivity contribution in [2.75, 3.05) is 18.5 Å². The van der Waals surface area contributed by atoms with Crippen molar-refractivity contribution in [3.05, 3.63) is 30.0 Å². The first kappa shape index (κ1) is 13.0. The Morgan fingerprint density at radius 2 is 2.20 bits per heavy atom. The Labute approximate surface area is 117 Å². The third kappa shape index (κ3) is 2.63. The first-order valence-corrected chi connectivity index (χ1v) is 6.85. The average molecular weight is 273 g/mol. The average Bonchev–Trinajstić information content (AvgIpc) is 3.11. The molecule has 1 aromatic carbocycles. The third-order valence-electron chi connectivity index (χ3n) is 3.93. The minimum absolute atomic E-state index is 0.0704.